The molecule has 1 aromatic heterocycles. The smallest absolute Gasteiger partial charge is 0.0988 e. The van der Waals surface area contributed by atoms with Gasteiger partial charge < -0.3 is 9.64 Å². The second-order valence-corrected chi connectivity index (χ2v) is 5.28. The van der Waals surface area contributed by atoms with Crippen molar-refractivity contribution in [3.8, 4) is 0 Å². The summed E-state index contributed by atoms with van der Waals surface area (Å²) < 4.78 is 5.42. The third-order valence-corrected chi connectivity index (χ3v) is 3.75. The standard InChI is InChI=1S/C18H16N2O/c1-2-6-15(7-3-1)20(12-17-13-21-17)16-8-9-18-14(11-16)5-4-10-19-18/h1-11,17H,12-13H2. The van der Waals surface area contributed by atoms with Crippen molar-refractivity contribution in [1.29, 1.82) is 0 Å². The third kappa shape index (κ3) is 2.60. The quantitative estimate of drug-likeness (QED) is 0.679. The molecule has 3 nitrogen and oxygen atoms in total. The molecule has 0 radical (unpaired) electrons. The number of hydrogen-bond acceptors (Lipinski definition) is 3. The number of rotatable bonds is 4. The summed E-state index contributed by atoms with van der Waals surface area (Å²) in [5, 5.41) is 1.16. The molecule has 2 aromatic carbocycles. The Kier molecular flexibility index (Phi) is 3.05. The Hall–Kier alpha value is -2.39. The minimum Gasteiger partial charge on any atom is -0.371 e. The lowest BCUT2D eigenvalue weighted by Gasteiger charge is -2.24. The first-order valence-corrected chi connectivity index (χ1v) is 7.19. The lowest BCUT2D eigenvalue weighted by atomic mass is 10.1. The Balaban J connectivity index is 1.76. The fourth-order valence-electron chi connectivity index (χ4n) is 2.58. The summed E-state index contributed by atoms with van der Waals surface area (Å²) in [6, 6.07) is 20.9. The molecule has 0 aliphatic carbocycles. The number of pyridine rings is 1. The molecular weight excluding hydrogens is 260 g/mol. The van der Waals surface area contributed by atoms with Gasteiger partial charge in [-0.3, -0.25) is 4.98 Å². The van der Waals surface area contributed by atoms with E-state index in [0.717, 1.165) is 24.1 Å². The van der Waals surface area contributed by atoms with Crippen LogP contribution >= 0.6 is 0 Å². The van der Waals surface area contributed by atoms with E-state index in [1.807, 2.05) is 18.3 Å². The number of hydrogen-bond donors (Lipinski definition) is 0. The van der Waals surface area contributed by atoms with Gasteiger partial charge >= 0.3 is 0 Å². The van der Waals surface area contributed by atoms with Crippen molar-refractivity contribution in [1.82, 2.24) is 4.98 Å². The Morgan fingerprint density at radius 1 is 1.00 bits per heavy atom. The summed E-state index contributed by atoms with van der Waals surface area (Å²) in [6.07, 6.45) is 2.17. The normalized spacial score (nSPS) is 16.9. The molecule has 1 unspecified atom stereocenters. The molecule has 21 heavy (non-hydrogen) atoms. The molecule has 2 heterocycles. The first-order chi connectivity index (χ1) is 10.4. The first kappa shape index (κ1) is 12.4. The zero-order chi connectivity index (χ0) is 14.1. The van der Waals surface area contributed by atoms with E-state index in [4.69, 9.17) is 4.74 Å². The number of benzene rings is 2. The third-order valence-electron chi connectivity index (χ3n) is 3.75. The topological polar surface area (TPSA) is 28.7 Å². The van der Waals surface area contributed by atoms with E-state index >= 15 is 0 Å². The van der Waals surface area contributed by atoms with Gasteiger partial charge in [0, 0.05) is 23.0 Å². The van der Waals surface area contributed by atoms with Gasteiger partial charge in [-0.05, 0) is 36.4 Å². The van der Waals surface area contributed by atoms with Crippen LogP contribution in [0, 0.1) is 0 Å². The minimum absolute atomic E-state index is 0.342. The Bertz CT molecular complexity index is 753. The highest BCUT2D eigenvalue weighted by Gasteiger charge is 2.26. The zero-order valence-corrected chi connectivity index (χ0v) is 11.6. The molecule has 0 N–H and O–H groups in total. The van der Waals surface area contributed by atoms with Gasteiger partial charge in [0.1, 0.15) is 0 Å². The molecule has 1 atom stereocenters. The van der Waals surface area contributed by atoms with Gasteiger partial charge in [0.15, 0.2) is 0 Å². The van der Waals surface area contributed by atoms with Crippen LogP contribution in [0.4, 0.5) is 11.4 Å². The van der Waals surface area contributed by atoms with E-state index in [-0.39, 0.29) is 0 Å². The maximum absolute atomic E-state index is 5.42. The Morgan fingerprint density at radius 2 is 1.86 bits per heavy atom. The Morgan fingerprint density at radius 3 is 2.67 bits per heavy atom. The number of ether oxygens (including phenoxy) is 1. The molecular formula is C18H16N2O. The molecule has 4 rings (SSSR count). The van der Waals surface area contributed by atoms with E-state index in [9.17, 15) is 0 Å². The largest absolute Gasteiger partial charge is 0.371 e. The van der Waals surface area contributed by atoms with E-state index in [0.29, 0.717) is 6.10 Å². The molecule has 3 heteroatoms. The maximum atomic E-state index is 5.42. The number of nitrogens with zero attached hydrogens (tertiary/aromatic N) is 2. The summed E-state index contributed by atoms with van der Waals surface area (Å²) in [5.74, 6) is 0. The van der Waals surface area contributed by atoms with Crippen LogP contribution in [-0.4, -0.2) is 24.2 Å². The summed E-state index contributed by atoms with van der Waals surface area (Å²) in [7, 11) is 0. The molecule has 0 spiro atoms. The molecule has 3 aromatic rings. The minimum atomic E-state index is 0.342. The van der Waals surface area contributed by atoms with Crippen LogP contribution in [0.2, 0.25) is 0 Å². The van der Waals surface area contributed by atoms with E-state index < -0.39 is 0 Å². The van der Waals surface area contributed by atoms with Crippen molar-refractivity contribution in [3.63, 3.8) is 0 Å². The fourth-order valence-corrected chi connectivity index (χ4v) is 2.58. The molecule has 1 aliphatic rings. The monoisotopic (exact) mass is 276 g/mol. The van der Waals surface area contributed by atoms with Crippen LogP contribution in [0.25, 0.3) is 10.9 Å². The van der Waals surface area contributed by atoms with Crippen LogP contribution in [0.3, 0.4) is 0 Å². The number of anilines is 2. The van der Waals surface area contributed by atoms with Crippen LogP contribution in [0.5, 0.6) is 0 Å². The molecule has 0 bridgehead atoms. The van der Waals surface area contributed by atoms with E-state index in [1.165, 1.54) is 11.4 Å². The van der Waals surface area contributed by atoms with Crippen LogP contribution in [0.1, 0.15) is 0 Å². The van der Waals surface area contributed by atoms with Crippen molar-refractivity contribution in [3.05, 3.63) is 66.9 Å². The van der Waals surface area contributed by atoms with E-state index in [1.54, 1.807) is 0 Å². The molecule has 0 saturated carbocycles. The molecule has 1 aliphatic heterocycles. The van der Waals surface area contributed by atoms with Crippen molar-refractivity contribution in [2.75, 3.05) is 18.1 Å². The summed E-state index contributed by atoms with van der Waals surface area (Å²) in [6.45, 7) is 1.74. The van der Waals surface area contributed by atoms with Crippen molar-refractivity contribution in [2.45, 2.75) is 6.10 Å². The molecule has 1 fully saturated rings. The van der Waals surface area contributed by atoms with Gasteiger partial charge in [0.2, 0.25) is 0 Å². The lowest BCUT2D eigenvalue weighted by Crippen LogP contribution is -2.22. The number of epoxide rings is 1. The van der Waals surface area contributed by atoms with Gasteiger partial charge in [-0.15, -0.1) is 0 Å². The van der Waals surface area contributed by atoms with Crippen molar-refractivity contribution in [2.24, 2.45) is 0 Å². The average molecular weight is 276 g/mol. The van der Waals surface area contributed by atoms with Gasteiger partial charge in [-0.2, -0.15) is 0 Å². The van der Waals surface area contributed by atoms with Crippen LogP contribution in [0.15, 0.2) is 66.9 Å². The highest BCUT2D eigenvalue weighted by Crippen LogP contribution is 2.29. The molecule has 0 amide bonds. The van der Waals surface area contributed by atoms with E-state index in [2.05, 4.69) is 58.4 Å². The number of aromatic nitrogens is 1. The number of fused-ring (bicyclic) bond motifs is 1. The number of para-hydroxylation sites is 1. The Labute approximate surface area is 123 Å². The zero-order valence-electron chi connectivity index (χ0n) is 11.6. The van der Waals surface area contributed by atoms with Gasteiger partial charge in [-0.25, -0.2) is 0 Å². The molecule has 1 saturated heterocycles. The summed E-state index contributed by atoms with van der Waals surface area (Å²) in [4.78, 5) is 6.69. The lowest BCUT2D eigenvalue weighted by molar-refractivity contribution is 0.411. The van der Waals surface area contributed by atoms with Crippen LogP contribution < -0.4 is 4.90 Å². The van der Waals surface area contributed by atoms with Gasteiger partial charge in [0.05, 0.1) is 24.8 Å². The summed E-state index contributed by atoms with van der Waals surface area (Å²) >= 11 is 0. The predicted molar refractivity (Wildman–Crippen MR) is 84.9 cm³/mol. The van der Waals surface area contributed by atoms with Crippen molar-refractivity contribution >= 4 is 22.3 Å². The highest BCUT2D eigenvalue weighted by molar-refractivity contribution is 5.83. The molecule has 104 valence electrons. The second kappa shape index (κ2) is 5.19. The predicted octanol–water partition coefficient (Wildman–Crippen LogP) is 3.77. The maximum Gasteiger partial charge on any atom is 0.0988 e. The average Bonchev–Trinajstić information content (AvgIpc) is 3.37. The van der Waals surface area contributed by atoms with Crippen molar-refractivity contribution < 1.29 is 4.74 Å². The highest BCUT2D eigenvalue weighted by atomic mass is 16.6. The van der Waals surface area contributed by atoms with Gasteiger partial charge in [0.25, 0.3) is 0 Å². The fraction of sp³-hybridized carbons (Fsp3) is 0.167. The second-order valence-electron chi connectivity index (χ2n) is 5.28. The van der Waals surface area contributed by atoms with Gasteiger partial charge in [-0.1, -0.05) is 24.3 Å². The SMILES string of the molecule is c1ccc(N(CC2CO2)c2ccc3ncccc3c2)cc1. The first-order valence-electron chi connectivity index (χ1n) is 7.19. The van der Waals surface area contributed by atoms with Crippen LogP contribution in [-0.2, 0) is 4.74 Å². The summed E-state index contributed by atoms with van der Waals surface area (Å²) in [5.41, 5.74) is 3.39.